The number of aliphatic hydroxyl groups excluding tert-OH is 2. The van der Waals surface area contributed by atoms with Crippen LogP contribution in [0.15, 0.2) is 6.33 Å². The van der Waals surface area contributed by atoms with Crippen LogP contribution in [0.25, 0.3) is 0 Å². The lowest BCUT2D eigenvalue weighted by Gasteiger charge is -2.49. The van der Waals surface area contributed by atoms with Gasteiger partial charge < -0.3 is 20.1 Å². The highest BCUT2D eigenvalue weighted by Gasteiger charge is 2.50. The molecule has 0 bridgehead atoms. The Morgan fingerprint density at radius 2 is 2.09 bits per heavy atom. The number of sulfonamides is 1. The smallest absolute Gasteiger partial charge is 0.212 e. The fraction of sp³-hybridized carbons (Fsp3) is 0.786. The van der Waals surface area contributed by atoms with Gasteiger partial charge in [0.05, 0.1) is 36.5 Å². The van der Waals surface area contributed by atoms with Gasteiger partial charge >= 0.3 is 0 Å². The maximum absolute atomic E-state index is 12.3. The second kappa shape index (κ2) is 6.14. The van der Waals surface area contributed by atoms with Crippen molar-refractivity contribution < 1.29 is 18.6 Å². The van der Waals surface area contributed by atoms with E-state index >= 15 is 0 Å². The minimum Gasteiger partial charge on any atom is -0.394 e. The second-order valence-corrected chi connectivity index (χ2v) is 8.39. The lowest BCUT2D eigenvalue weighted by molar-refractivity contribution is 0.0195. The topological polar surface area (TPSA) is 110 Å². The normalized spacial score (nSPS) is 23.8. The van der Waals surface area contributed by atoms with Gasteiger partial charge in [-0.3, -0.25) is 0 Å². The van der Waals surface area contributed by atoms with E-state index in [-0.39, 0.29) is 6.61 Å². The zero-order valence-electron chi connectivity index (χ0n) is 13.3. The first-order chi connectivity index (χ1) is 10.9. The number of aromatic nitrogens is 2. The van der Waals surface area contributed by atoms with E-state index in [1.165, 1.54) is 6.26 Å². The molecule has 0 aromatic carbocycles. The number of rotatable bonds is 4. The number of fused-ring (bicyclic) bond motifs is 2. The average Bonchev–Trinajstić information content (AvgIpc) is 2.98. The standard InChI is InChI=1S/C14H24N4O4S/c1-23(21,22)18-5-2-12-13(16-10-15-12)14(18)3-6-17(7-4-14)8-11(20)9-19/h10-11,19-20H,2-9H2,1H3,(H,15,16). The van der Waals surface area contributed by atoms with Crippen molar-refractivity contribution in [1.82, 2.24) is 19.2 Å². The Morgan fingerprint density at radius 3 is 2.70 bits per heavy atom. The number of hydrogen-bond acceptors (Lipinski definition) is 6. The number of H-pyrrole nitrogens is 1. The molecular weight excluding hydrogens is 320 g/mol. The van der Waals surface area contributed by atoms with Gasteiger partial charge in [0.2, 0.25) is 10.0 Å². The molecule has 1 aromatic heterocycles. The predicted molar refractivity (Wildman–Crippen MR) is 84.3 cm³/mol. The Kier molecular flexibility index (Phi) is 4.49. The van der Waals surface area contributed by atoms with Crippen molar-refractivity contribution in [3.8, 4) is 0 Å². The van der Waals surface area contributed by atoms with Gasteiger partial charge in [-0.2, -0.15) is 4.31 Å². The molecule has 2 aliphatic rings. The van der Waals surface area contributed by atoms with Crippen molar-refractivity contribution in [2.75, 3.05) is 39.0 Å². The number of nitrogens with zero attached hydrogens (tertiary/aromatic N) is 3. The van der Waals surface area contributed by atoms with Crippen molar-refractivity contribution in [1.29, 1.82) is 0 Å². The SMILES string of the molecule is CS(=O)(=O)N1CCc2[nH]cnc2C12CCN(CC(O)CO)CC2. The second-order valence-electron chi connectivity index (χ2n) is 6.48. The molecule has 0 aliphatic carbocycles. The molecule has 130 valence electrons. The summed E-state index contributed by atoms with van der Waals surface area (Å²) in [6, 6.07) is 0. The van der Waals surface area contributed by atoms with E-state index in [1.54, 1.807) is 10.6 Å². The number of imidazole rings is 1. The van der Waals surface area contributed by atoms with Crippen LogP contribution in [0.5, 0.6) is 0 Å². The zero-order valence-corrected chi connectivity index (χ0v) is 14.1. The maximum Gasteiger partial charge on any atom is 0.212 e. The Balaban J connectivity index is 1.87. The number of hydrogen-bond donors (Lipinski definition) is 3. The quantitative estimate of drug-likeness (QED) is 0.638. The van der Waals surface area contributed by atoms with Crippen molar-refractivity contribution in [2.24, 2.45) is 0 Å². The van der Waals surface area contributed by atoms with Crippen LogP contribution in [0.1, 0.15) is 24.2 Å². The van der Waals surface area contributed by atoms with Crippen LogP contribution in [0.3, 0.4) is 0 Å². The molecule has 1 spiro atoms. The van der Waals surface area contributed by atoms with Gasteiger partial charge in [0, 0.05) is 38.3 Å². The molecule has 0 radical (unpaired) electrons. The molecular formula is C14H24N4O4S. The van der Waals surface area contributed by atoms with Crippen LogP contribution < -0.4 is 0 Å². The summed E-state index contributed by atoms with van der Waals surface area (Å²) in [5.41, 5.74) is 1.27. The summed E-state index contributed by atoms with van der Waals surface area (Å²) >= 11 is 0. The van der Waals surface area contributed by atoms with Gasteiger partial charge in [0.15, 0.2) is 0 Å². The van der Waals surface area contributed by atoms with Gasteiger partial charge in [-0.25, -0.2) is 13.4 Å². The fourth-order valence-corrected chi connectivity index (χ4v) is 5.22. The van der Waals surface area contributed by atoms with E-state index < -0.39 is 21.7 Å². The molecule has 1 saturated heterocycles. The van der Waals surface area contributed by atoms with Crippen LogP contribution in [0, 0.1) is 0 Å². The molecule has 3 rings (SSSR count). The first kappa shape index (κ1) is 16.8. The summed E-state index contributed by atoms with van der Waals surface area (Å²) in [4.78, 5) is 9.63. The fourth-order valence-electron chi connectivity index (χ4n) is 3.89. The van der Waals surface area contributed by atoms with E-state index in [4.69, 9.17) is 5.11 Å². The molecule has 1 fully saturated rings. The third-order valence-corrected chi connectivity index (χ3v) is 6.30. The highest BCUT2D eigenvalue weighted by Crippen LogP contribution is 2.43. The van der Waals surface area contributed by atoms with E-state index in [9.17, 15) is 13.5 Å². The van der Waals surface area contributed by atoms with Crippen molar-refractivity contribution in [3.05, 3.63) is 17.7 Å². The number of nitrogens with one attached hydrogen (secondary N) is 1. The lowest BCUT2D eigenvalue weighted by atomic mass is 9.80. The first-order valence-electron chi connectivity index (χ1n) is 7.88. The molecule has 1 unspecified atom stereocenters. The molecule has 3 heterocycles. The van der Waals surface area contributed by atoms with Crippen LogP contribution >= 0.6 is 0 Å². The van der Waals surface area contributed by atoms with Crippen molar-refractivity contribution in [3.63, 3.8) is 0 Å². The Morgan fingerprint density at radius 1 is 1.39 bits per heavy atom. The first-order valence-corrected chi connectivity index (χ1v) is 9.73. The molecule has 1 aromatic rings. The minimum atomic E-state index is -3.33. The van der Waals surface area contributed by atoms with Gasteiger partial charge in [0.1, 0.15) is 0 Å². The molecule has 0 amide bonds. The monoisotopic (exact) mass is 344 g/mol. The summed E-state index contributed by atoms with van der Waals surface area (Å²) in [5, 5.41) is 18.6. The largest absolute Gasteiger partial charge is 0.394 e. The van der Waals surface area contributed by atoms with Gasteiger partial charge in [0.25, 0.3) is 0 Å². The van der Waals surface area contributed by atoms with E-state index in [2.05, 4.69) is 14.9 Å². The molecule has 23 heavy (non-hydrogen) atoms. The highest BCUT2D eigenvalue weighted by molar-refractivity contribution is 7.88. The molecule has 2 aliphatic heterocycles. The lowest BCUT2D eigenvalue weighted by Crippen LogP contribution is -2.58. The number of aliphatic hydroxyl groups is 2. The predicted octanol–water partition coefficient (Wildman–Crippen LogP) is -1.13. The van der Waals surface area contributed by atoms with Crippen molar-refractivity contribution in [2.45, 2.75) is 30.9 Å². The highest BCUT2D eigenvalue weighted by atomic mass is 32.2. The molecule has 3 N–H and O–H groups in total. The number of likely N-dealkylation sites (tertiary alicyclic amines) is 1. The third kappa shape index (κ3) is 3.03. The molecule has 1 atom stereocenters. The molecule has 8 nitrogen and oxygen atoms in total. The minimum absolute atomic E-state index is 0.263. The van der Waals surface area contributed by atoms with Crippen LogP contribution in [-0.2, 0) is 22.0 Å². The average molecular weight is 344 g/mol. The summed E-state index contributed by atoms with van der Waals surface area (Å²) in [5.74, 6) is 0. The van der Waals surface area contributed by atoms with Crippen LogP contribution in [0.4, 0.5) is 0 Å². The Hall–Kier alpha value is -1.00. The van der Waals surface area contributed by atoms with E-state index in [0.717, 1.165) is 11.4 Å². The summed E-state index contributed by atoms with van der Waals surface area (Å²) in [6.07, 6.45) is 4.06. The van der Waals surface area contributed by atoms with E-state index in [0.29, 0.717) is 45.4 Å². The van der Waals surface area contributed by atoms with E-state index in [1.807, 2.05) is 0 Å². The Labute approximate surface area is 136 Å². The van der Waals surface area contributed by atoms with Gasteiger partial charge in [-0.15, -0.1) is 0 Å². The number of piperidine rings is 1. The maximum atomic E-state index is 12.3. The van der Waals surface area contributed by atoms with Crippen LogP contribution in [0.2, 0.25) is 0 Å². The van der Waals surface area contributed by atoms with Crippen molar-refractivity contribution >= 4 is 10.0 Å². The number of β-amino-alcohol motifs (C(OH)–C–C–N with tert-alkyl or cyclic N) is 1. The Bertz CT molecular complexity index is 651. The zero-order chi connectivity index (χ0) is 16.7. The molecule has 0 saturated carbocycles. The third-order valence-electron chi connectivity index (χ3n) is 4.96. The summed E-state index contributed by atoms with van der Waals surface area (Å²) in [6.45, 7) is 1.93. The molecule has 9 heteroatoms. The van der Waals surface area contributed by atoms with Gasteiger partial charge in [-0.1, -0.05) is 0 Å². The number of aromatic amines is 1. The summed E-state index contributed by atoms with van der Waals surface area (Å²) < 4.78 is 26.2. The van der Waals surface area contributed by atoms with Crippen LogP contribution in [-0.4, -0.2) is 82.9 Å². The van der Waals surface area contributed by atoms with Gasteiger partial charge in [-0.05, 0) is 12.8 Å². The summed E-state index contributed by atoms with van der Waals surface area (Å²) in [7, 11) is -3.33.